The Morgan fingerprint density at radius 2 is 2.00 bits per heavy atom. The van der Waals surface area contributed by atoms with Gasteiger partial charge in [-0.2, -0.15) is 0 Å². The summed E-state index contributed by atoms with van der Waals surface area (Å²) in [5, 5.41) is 19.9. The molecule has 20 heavy (non-hydrogen) atoms. The first kappa shape index (κ1) is 12.5. The predicted octanol–water partition coefficient (Wildman–Crippen LogP) is 1.57. The average Bonchev–Trinajstić information content (AvgIpc) is 2.58. The highest BCUT2D eigenvalue weighted by atomic mass is 16.6. The van der Waals surface area contributed by atoms with Gasteiger partial charge < -0.3 is 19.7 Å². The molecular weight excluding hydrogens is 264 g/mol. The van der Waals surface area contributed by atoms with E-state index in [-0.39, 0.29) is 28.9 Å². The Labute approximate surface area is 114 Å². The van der Waals surface area contributed by atoms with Gasteiger partial charge in [0.25, 0.3) is 0 Å². The molecule has 0 fully saturated rings. The van der Waals surface area contributed by atoms with Crippen LogP contribution >= 0.6 is 0 Å². The number of methoxy groups -OCH3 is 1. The number of ketones is 1. The minimum absolute atomic E-state index is 0.0699. The van der Waals surface area contributed by atoms with Crippen LogP contribution in [0.25, 0.3) is 5.57 Å². The highest BCUT2D eigenvalue weighted by molar-refractivity contribution is 6.14. The maximum Gasteiger partial charge on any atom is 0.343 e. The van der Waals surface area contributed by atoms with Crippen LogP contribution in [0.15, 0.2) is 17.9 Å². The van der Waals surface area contributed by atoms with Crippen molar-refractivity contribution in [3.8, 4) is 11.5 Å². The summed E-state index contributed by atoms with van der Waals surface area (Å²) in [6, 6.07) is 2.77. The van der Waals surface area contributed by atoms with Gasteiger partial charge in [0.05, 0.1) is 13.5 Å². The third-order valence-electron chi connectivity index (χ3n) is 3.65. The lowest BCUT2D eigenvalue weighted by Gasteiger charge is -2.33. The third-order valence-corrected chi connectivity index (χ3v) is 3.65. The number of allylic oxidation sites excluding steroid dienone is 1. The third kappa shape index (κ3) is 1.44. The lowest BCUT2D eigenvalue weighted by atomic mass is 9.85. The Morgan fingerprint density at radius 3 is 2.65 bits per heavy atom. The molecule has 0 spiro atoms. The number of ether oxygens (including phenoxy) is 2. The molecule has 2 N–H and O–H groups in total. The molecule has 2 aliphatic rings. The van der Waals surface area contributed by atoms with E-state index in [1.165, 1.54) is 19.2 Å². The first-order valence-corrected chi connectivity index (χ1v) is 5.99. The van der Waals surface area contributed by atoms with E-state index in [1.54, 1.807) is 6.92 Å². The van der Waals surface area contributed by atoms with E-state index in [2.05, 4.69) is 0 Å². The Bertz CT molecular complexity index is 687. The van der Waals surface area contributed by atoms with Gasteiger partial charge in [0, 0.05) is 17.2 Å². The molecule has 1 aromatic carbocycles. The van der Waals surface area contributed by atoms with Gasteiger partial charge in [0.2, 0.25) is 5.78 Å². The lowest BCUT2D eigenvalue weighted by molar-refractivity contribution is -0.119. The largest absolute Gasteiger partial charge is 0.507 e. The van der Waals surface area contributed by atoms with E-state index in [0.29, 0.717) is 5.75 Å². The predicted molar refractivity (Wildman–Crippen MR) is 67.7 cm³/mol. The number of aromatic hydroxyl groups is 1. The minimum Gasteiger partial charge on any atom is -0.507 e. The lowest BCUT2D eigenvalue weighted by Crippen LogP contribution is -2.36. The summed E-state index contributed by atoms with van der Waals surface area (Å²) in [6.45, 7) is 1.56. The number of Topliss-reactive ketones (excluding diaryl/α,β-unsaturated/α-hetero) is 1. The van der Waals surface area contributed by atoms with Gasteiger partial charge >= 0.3 is 5.97 Å². The Hall–Kier alpha value is -2.50. The number of esters is 1. The Balaban J connectivity index is 2.36. The number of benzene rings is 1. The van der Waals surface area contributed by atoms with Crippen molar-refractivity contribution >= 4 is 17.3 Å². The zero-order valence-electron chi connectivity index (χ0n) is 10.9. The molecule has 6 heteroatoms. The monoisotopic (exact) mass is 276 g/mol. The first-order valence-electron chi connectivity index (χ1n) is 5.99. The summed E-state index contributed by atoms with van der Waals surface area (Å²) in [6.07, 6.45) is -0.114. The van der Waals surface area contributed by atoms with E-state index in [9.17, 15) is 19.8 Å². The van der Waals surface area contributed by atoms with E-state index in [0.717, 1.165) is 0 Å². The number of hydrogen-bond donors (Lipinski definition) is 2. The molecule has 104 valence electrons. The van der Waals surface area contributed by atoms with Crippen LogP contribution in [0.5, 0.6) is 11.5 Å². The number of aliphatic hydroxyl groups excluding tert-OH is 1. The van der Waals surface area contributed by atoms with Gasteiger partial charge in [-0.15, -0.1) is 0 Å². The molecule has 0 amide bonds. The van der Waals surface area contributed by atoms with Crippen LogP contribution < -0.4 is 4.74 Å². The fraction of sp³-hybridized carbons (Fsp3) is 0.286. The van der Waals surface area contributed by atoms with Crippen molar-refractivity contribution in [2.75, 3.05) is 7.11 Å². The second-order valence-corrected chi connectivity index (χ2v) is 5.01. The standard InChI is InChI=1S/C14H12O6/c1-14-5-9(16)12(17)11(14)7-3-6(19-2)4-8(15)10(7)13(18)20-14/h3-4,15,17H,5H2,1-2H3. The summed E-state index contributed by atoms with van der Waals surface area (Å²) in [7, 11) is 1.41. The number of phenolic OH excluding ortho intramolecular Hbond substituents is 1. The van der Waals surface area contributed by atoms with Crippen LogP contribution in [0.1, 0.15) is 29.3 Å². The van der Waals surface area contributed by atoms with Crippen molar-refractivity contribution in [3.63, 3.8) is 0 Å². The SMILES string of the molecule is COc1cc(O)c2c(c1)C1=C(O)C(=O)CC1(C)OC2=O. The first-order chi connectivity index (χ1) is 9.37. The molecule has 1 aliphatic heterocycles. The second-order valence-electron chi connectivity index (χ2n) is 5.01. The Kier molecular flexibility index (Phi) is 2.35. The number of rotatable bonds is 1. The van der Waals surface area contributed by atoms with Crippen LogP contribution in [-0.4, -0.2) is 34.7 Å². The zero-order valence-corrected chi connectivity index (χ0v) is 10.9. The summed E-state index contributed by atoms with van der Waals surface area (Å²) in [5.74, 6) is -1.66. The molecule has 1 aliphatic carbocycles. The molecule has 1 aromatic rings. The number of aliphatic hydroxyl groups is 1. The molecule has 0 aromatic heterocycles. The number of phenols is 1. The molecule has 0 saturated carbocycles. The number of fused-ring (bicyclic) bond motifs is 3. The van der Waals surface area contributed by atoms with Crippen molar-refractivity contribution in [2.24, 2.45) is 0 Å². The molecule has 0 bridgehead atoms. The van der Waals surface area contributed by atoms with Crippen molar-refractivity contribution in [1.29, 1.82) is 0 Å². The molecule has 0 radical (unpaired) electrons. The van der Waals surface area contributed by atoms with Crippen molar-refractivity contribution in [2.45, 2.75) is 18.9 Å². The van der Waals surface area contributed by atoms with Gasteiger partial charge in [-0.1, -0.05) is 0 Å². The summed E-state index contributed by atoms with van der Waals surface area (Å²) >= 11 is 0. The van der Waals surface area contributed by atoms with Crippen LogP contribution in [0.4, 0.5) is 0 Å². The second kappa shape index (κ2) is 3.75. The fourth-order valence-electron chi connectivity index (χ4n) is 2.75. The van der Waals surface area contributed by atoms with E-state index in [1.807, 2.05) is 0 Å². The van der Waals surface area contributed by atoms with E-state index in [4.69, 9.17) is 9.47 Å². The van der Waals surface area contributed by atoms with Gasteiger partial charge in [-0.3, -0.25) is 4.79 Å². The van der Waals surface area contributed by atoms with Crippen molar-refractivity contribution in [1.82, 2.24) is 0 Å². The fourth-order valence-corrected chi connectivity index (χ4v) is 2.75. The van der Waals surface area contributed by atoms with Crippen LogP contribution in [0.2, 0.25) is 0 Å². The van der Waals surface area contributed by atoms with Gasteiger partial charge in [-0.05, 0) is 13.0 Å². The van der Waals surface area contributed by atoms with Gasteiger partial charge in [-0.25, -0.2) is 4.79 Å². The molecule has 3 rings (SSSR count). The van der Waals surface area contributed by atoms with Crippen molar-refractivity contribution in [3.05, 3.63) is 29.0 Å². The minimum atomic E-state index is -1.20. The summed E-state index contributed by atoms with van der Waals surface area (Å²) < 4.78 is 10.3. The zero-order chi connectivity index (χ0) is 14.7. The maximum absolute atomic E-state index is 12.0. The van der Waals surface area contributed by atoms with Crippen LogP contribution in [0, 0.1) is 0 Å². The molecule has 1 unspecified atom stereocenters. The topological polar surface area (TPSA) is 93.1 Å². The summed E-state index contributed by atoms with van der Waals surface area (Å²) in [5.41, 5.74) is -0.792. The average molecular weight is 276 g/mol. The van der Waals surface area contributed by atoms with Crippen molar-refractivity contribution < 1.29 is 29.3 Å². The van der Waals surface area contributed by atoms with E-state index >= 15 is 0 Å². The number of hydrogen-bond acceptors (Lipinski definition) is 6. The van der Waals surface area contributed by atoms with Gasteiger partial charge in [0.15, 0.2) is 5.76 Å². The van der Waals surface area contributed by atoms with Crippen LogP contribution in [0.3, 0.4) is 0 Å². The summed E-state index contributed by atoms with van der Waals surface area (Å²) in [4.78, 5) is 23.7. The molecular formula is C14H12O6. The molecule has 1 atom stereocenters. The highest BCUT2D eigenvalue weighted by Gasteiger charge is 2.51. The van der Waals surface area contributed by atoms with Crippen LogP contribution in [-0.2, 0) is 9.53 Å². The number of carbonyl (C=O) groups excluding carboxylic acids is 2. The van der Waals surface area contributed by atoms with Gasteiger partial charge in [0.1, 0.15) is 22.7 Å². The maximum atomic E-state index is 12.0. The molecule has 6 nitrogen and oxygen atoms in total. The smallest absolute Gasteiger partial charge is 0.343 e. The number of carbonyl (C=O) groups is 2. The Morgan fingerprint density at radius 1 is 1.30 bits per heavy atom. The normalized spacial score (nSPS) is 24.3. The van der Waals surface area contributed by atoms with E-state index < -0.39 is 23.1 Å². The molecule has 0 saturated heterocycles. The molecule has 1 heterocycles. The highest BCUT2D eigenvalue weighted by Crippen LogP contribution is 2.49. The quantitative estimate of drug-likeness (QED) is 0.756.